The van der Waals surface area contributed by atoms with Crippen molar-refractivity contribution in [2.45, 2.75) is 26.7 Å². The van der Waals surface area contributed by atoms with E-state index in [-0.39, 0.29) is 11.2 Å². The van der Waals surface area contributed by atoms with Crippen LogP contribution in [0.15, 0.2) is 53.8 Å². The van der Waals surface area contributed by atoms with Crippen molar-refractivity contribution in [2.75, 3.05) is 7.11 Å². The second-order valence-corrected chi connectivity index (χ2v) is 5.59. The van der Waals surface area contributed by atoms with Crippen LogP contribution in [0.3, 0.4) is 0 Å². The molecule has 0 spiro atoms. The van der Waals surface area contributed by atoms with Gasteiger partial charge in [0.15, 0.2) is 5.78 Å². The van der Waals surface area contributed by atoms with Gasteiger partial charge in [-0.15, -0.1) is 0 Å². The average Bonchev–Trinajstić information content (AvgIpc) is 2.39. The number of rotatable bonds is 4. The Hall–Kier alpha value is -1.83. The van der Waals surface area contributed by atoms with Crippen LogP contribution in [-0.2, 0) is 4.74 Å². The van der Waals surface area contributed by atoms with Crippen molar-refractivity contribution in [2.24, 2.45) is 5.41 Å². The lowest BCUT2D eigenvalue weighted by Gasteiger charge is -2.30. The number of ether oxygens (including phenoxy) is 1. The van der Waals surface area contributed by atoms with Crippen molar-refractivity contribution in [3.05, 3.63) is 59.4 Å². The maximum Gasteiger partial charge on any atom is 0.166 e. The second kappa shape index (κ2) is 5.43. The average molecular weight is 256 g/mol. The Morgan fingerprint density at radius 3 is 2.47 bits per heavy atom. The van der Waals surface area contributed by atoms with Gasteiger partial charge in [0.2, 0.25) is 0 Å². The van der Waals surface area contributed by atoms with E-state index in [0.717, 1.165) is 17.7 Å². The Labute approximate surface area is 114 Å². The van der Waals surface area contributed by atoms with Crippen molar-refractivity contribution in [3.8, 4) is 0 Å². The molecule has 0 fully saturated rings. The first kappa shape index (κ1) is 13.6. The third-order valence-corrected chi connectivity index (χ3v) is 3.51. The molecule has 2 heteroatoms. The number of carbonyl (C=O) groups excluding carboxylic acids is 1. The van der Waals surface area contributed by atoms with Crippen LogP contribution in [-0.4, -0.2) is 12.9 Å². The number of hydrogen-bond donors (Lipinski definition) is 0. The van der Waals surface area contributed by atoms with Gasteiger partial charge in [-0.3, -0.25) is 4.79 Å². The van der Waals surface area contributed by atoms with Crippen LogP contribution in [0.4, 0.5) is 0 Å². The summed E-state index contributed by atoms with van der Waals surface area (Å²) in [4.78, 5) is 12.2. The van der Waals surface area contributed by atoms with Crippen molar-refractivity contribution < 1.29 is 9.53 Å². The molecule has 1 aliphatic carbocycles. The lowest BCUT2D eigenvalue weighted by atomic mass is 9.78. The van der Waals surface area contributed by atoms with E-state index in [1.807, 2.05) is 42.5 Å². The van der Waals surface area contributed by atoms with Crippen molar-refractivity contribution >= 4 is 5.78 Å². The molecule has 0 N–H and O–H groups in total. The molecule has 0 aliphatic heterocycles. The van der Waals surface area contributed by atoms with Crippen LogP contribution in [0.25, 0.3) is 0 Å². The molecule has 100 valence electrons. The Morgan fingerprint density at radius 1 is 1.21 bits per heavy atom. The fraction of sp³-hybridized carbons (Fsp3) is 0.353. The lowest BCUT2D eigenvalue weighted by Crippen LogP contribution is -2.20. The summed E-state index contributed by atoms with van der Waals surface area (Å²) in [5.41, 5.74) is 1.91. The molecule has 0 amide bonds. The van der Waals surface area contributed by atoms with Gasteiger partial charge < -0.3 is 4.74 Å². The van der Waals surface area contributed by atoms with E-state index in [1.165, 1.54) is 5.57 Å². The van der Waals surface area contributed by atoms with E-state index in [0.29, 0.717) is 6.42 Å². The Bertz CT molecular complexity index is 521. The van der Waals surface area contributed by atoms with Crippen LogP contribution in [0.2, 0.25) is 0 Å². The molecular formula is C17H20O2. The van der Waals surface area contributed by atoms with Gasteiger partial charge in [0.25, 0.3) is 0 Å². The summed E-state index contributed by atoms with van der Waals surface area (Å²) in [7, 11) is 1.70. The summed E-state index contributed by atoms with van der Waals surface area (Å²) in [6.07, 6.45) is 5.36. The Morgan fingerprint density at radius 2 is 1.89 bits per heavy atom. The number of ketones is 1. The molecule has 1 aliphatic rings. The highest BCUT2D eigenvalue weighted by Crippen LogP contribution is 2.38. The summed E-state index contributed by atoms with van der Waals surface area (Å²) in [5, 5.41) is 0. The molecule has 0 radical (unpaired) electrons. The minimum Gasteiger partial charge on any atom is -0.501 e. The predicted molar refractivity (Wildman–Crippen MR) is 77.0 cm³/mol. The number of methoxy groups -OCH3 is 1. The van der Waals surface area contributed by atoms with Crippen molar-refractivity contribution in [1.82, 2.24) is 0 Å². The summed E-state index contributed by atoms with van der Waals surface area (Å²) in [6.45, 7) is 4.28. The molecule has 0 atom stereocenters. The smallest absolute Gasteiger partial charge is 0.166 e. The highest BCUT2D eigenvalue weighted by molar-refractivity contribution is 5.97. The first-order valence-corrected chi connectivity index (χ1v) is 6.55. The fourth-order valence-corrected chi connectivity index (χ4v) is 2.53. The molecule has 1 aromatic carbocycles. The minimum absolute atomic E-state index is 0.0319. The molecule has 0 bridgehead atoms. The van der Waals surface area contributed by atoms with E-state index in [9.17, 15) is 4.79 Å². The van der Waals surface area contributed by atoms with Gasteiger partial charge >= 0.3 is 0 Å². The van der Waals surface area contributed by atoms with Gasteiger partial charge in [0.05, 0.1) is 7.11 Å². The molecule has 2 nitrogen and oxygen atoms in total. The third-order valence-electron chi connectivity index (χ3n) is 3.51. The molecule has 1 aromatic rings. The van der Waals surface area contributed by atoms with Gasteiger partial charge in [-0.05, 0) is 12.5 Å². The van der Waals surface area contributed by atoms with E-state index in [4.69, 9.17) is 4.74 Å². The Balaban J connectivity index is 2.11. The molecule has 0 unspecified atom stereocenters. The summed E-state index contributed by atoms with van der Waals surface area (Å²) in [6, 6.07) is 9.46. The largest absolute Gasteiger partial charge is 0.501 e. The van der Waals surface area contributed by atoms with Crippen molar-refractivity contribution in [1.29, 1.82) is 0 Å². The predicted octanol–water partition coefficient (Wildman–Crippen LogP) is 4.15. The van der Waals surface area contributed by atoms with E-state index in [2.05, 4.69) is 13.8 Å². The first-order valence-electron chi connectivity index (χ1n) is 6.55. The Kier molecular flexibility index (Phi) is 3.89. The van der Waals surface area contributed by atoms with Crippen LogP contribution >= 0.6 is 0 Å². The molecule has 0 aromatic heterocycles. The summed E-state index contributed by atoms with van der Waals surface area (Å²) >= 11 is 0. The van der Waals surface area contributed by atoms with Gasteiger partial charge in [-0.1, -0.05) is 55.8 Å². The molecule has 0 saturated heterocycles. The number of allylic oxidation sites excluding steroid dienone is 4. The SMILES string of the molecule is COC1=CC=C(CC(=O)c2ccccc2)CC1(C)C. The quantitative estimate of drug-likeness (QED) is 0.757. The second-order valence-electron chi connectivity index (χ2n) is 5.59. The lowest BCUT2D eigenvalue weighted by molar-refractivity contribution is 0.0989. The summed E-state index contributed by atoms with van der Waals surface area (Å²) in [5.74, 6) is 1.15. The maximum absolute atomic E-state index is 12.2. The first-order chi connectivity index (χ1) is 9.03. The molecule has 2 rings (SSSR count). The van der Waals surface area contributed by atoms with Crippen LogP contribution in [0.5, 0.6) is 0 Å². The zero-order valence-electron chi connectivity index (χ0n) is 11.8. The van der Waals surface area contributed by atoms with Crippen molar-refractivity contribution in [3.63, 3.8) is 0 Å². The summed E-state index contributed by atoms with van der Waals surface area (Å²) < 4.78 is 5.38. The van der Waals surface area contributed by atoms with E-state index < -0.39 is 0 Å². The fourth-order valence-electron chi connectivity index (χ4n) is 2.53. The maximum atomic E-state index is 12.2. The molecular weight excluding hydrogens is 236 g/mol. The van der Waals surface area contributed by atoms with E-state index in [1.54, 1.807) is 7.11 Å². The zero-order valence-corrected chi connectivity index (χ0v) is 11.8. The monoisotopic (exact) mass is 256 g/mol. The van der Waals surface area contributed by atoms with Crippen LogP contribution in [0, 0.1) is 5.41 Å². The van der Waals surface area contributed by atoms with Crippen LogP contribution in [0.1, 0.15) is 37.0 Å². The molecule has 0 saturated carbocycles. The normalized spacial score (nSPS) is 17.4. The minimum atomic E-state index is -0.0319. The third kappa shape index (κ3) is 3.14. The highest BCUT2D eigenvalue weighted by atomic mass is 16.5. The van der Waals surface area contributed by atoms with Gasteiger partial charge in [0.1, 0.15) is 5.76 Å². The molecule has 0 heterocycles. The van der Waals surface area contributed by atoms with E-state index >= 15 is 0 Å². The highest BCUT2D eigenvalue weighted by Gasteiger charge is 2.28. The number of benzene rings is 1. The van der Waals surface area contributed by atoms with Gasteiger partial charge in [-0.25, -0.2) is 0 Å². The molecule has 19 heavy (non-hydrogen) atoms. The standard InChI is InChI=1S/C17H20O2/c1-17(2)12-13(9-10-16(17)19-3)11-15(18)14-7-5-4-6-8-14/h4-10H,11-12H2,1-3H3. The van der Waals surface area contributed by atoms with Gasteiger partial charge in [0, 0.05) is 17.4 Å². The topological polar surface area (TPSA) is 26.3 Å². The number of hydrogen-bond acceptors (Lipinski definition) is 2. The van der Waals surface area contributed by atoms with Gasteiger partial charge in [-0.2, -0.15) is 0 Å². The van der Waals surface area contributed by atoms with Crippen LogP contribution < -0.4 is 0 Å². The number of Topliss-reactive ketones (excluding diaryl/α,β-unsaturated/α-hetero) is 1. The number of carbonyl (C=O) groups is 1. The zero-order chi connectivity index (χ0) is 13.9.